The summed E-state index contributed by atoms with van der Waals surface area (Å²) in [6.07, 6.45) is 0. The number of furan rings is 1. The van der Waals surface area contributed by atoms with E-state index in [4.69, 9.17) is 4.42 Å². The van der Waals surface area contributed by atoms with Crippen LogP contribution >= 0.6 is 27.3 Å². The van der Waals surface area contributed by atoms with Gasteiger partial charge in [0.05, 0.1) is 16.9 Å². The van der Waals surface area contributed by atoms with Gasteiger partial charge in [0.15, 0.2) is 0 Å². The van der Waals surface area contributed by atoms with E-state index in [1.165, 1.54) is 7.11 Å². The Hall–Kier alpha value is -1.11. The van der Waals surface area contributed by atoms with E-state index < -0.39 is 5.97 Å². The molecule has 1 unspecified atom stereocenters. The zero-order chi connectivity index (χ0) is 13.8. The monoisotopic (exact) mass is 343 g/mol. The number of thiophene rings is 1. The number of carbonyl (C=O) groups is 1. The highest BCUT2D eigenvalue weighted by Gasteiger charge is 2.20. The van der Waals surface area contributed by atoms with Gasteiger partial charge in [-0.3, -0.25) is 0 Å². The second-order valence-electron chi connectivity index (χ2n) is 3.87. The smallest absolute Gasteiger partial charge is 0.373 e. The molecule has 2 aromatic heterocycles. The van der Waals surface area contributed by atoms with Crippen LogP contribution in [0.1, 0.15) is 34.8 Å². The molecule has 2 heterocycles. The molecule has 0 aliphatic heterocycles. The maximum atomic E-state index is 11.4. The highest BCUT2D eigenvalue weighted by molar-refractivity contribution is 9.11. The molecule has 6 heteroatoms. The number of carbonyl (C=O) groups excluding carboxylic acids is 1. The minimum absolute atomic E-state index is 0.0639. The van der Waals surface area contributed by atoms with Crippen LogP contribution in [0, 0.1) is 0 Å². The summed E-state index contributed by atoms with van der Waals surface area (Å²) in [5.74, 6) is 0.454. The standard InChI is InChI=1S/C13H14BrNO3S/c1-3-15-12(8-6-11(14)19-7-8)9-4-5-10(18-9)13(16)17-2/h4-7,12,15H,3H2,1-2H3. The molecule has 0 aromatic carbocycles. The Balaban J connectivity index is 2.29. The van der Waals surface area contributed by atoms with Crippen LogP contribution in [0.15, 0.2) is 31.8 Å². The van der Waals surface area contributed by atoms with Gasteiger partial charge in [0, 0.05) is 0 Å². The van der Waals surface area contributed by atoms with Crippen LogP contribution in [0.2, 0.25) is 0 Å². The summed E-state index contributed by atoms with van der Waals surface area (Å²) < 4.78 is 11.3. The average molecular weight is 344 g/mol. The molecule has 2 rings (SSSR count). The molecule has 0 saturated heterocycles. The summed E-state index contributed by atoms with van der Waals surface area (Å²) in [4.78, 5) is 11.4. The number of rotatable bonds is 5. The van der Waals surface area contributed by atoms with E-state index in [0.29, 0.717) is 5.76 Å². The van der Waals surface area contributed by atoms with Gasteiger partial charge in [-0.2, -0.15) is 0 Å². The summed E-state index contributed by atoms with van der Waals surface area (Å²) in [7, 11) is 1.34. The topological polar surface area (TPSA) is 51.5 Å². The van der Waals surface area contributed by atoms with Gasteiger partial charge in [0.1, 0.15) is 5.76 Å². The van der Waals surface area contributed by atoms with Crippen molar-refractivity contribution < 1.29 is 13.9 Å². The van der Waals surface area contributed by atoms with E-state index in [1.807, 2.05) is 13.0 Å². The lowest BCUT2D eigenvalue weighted by Crippen LogP contribution is -2.21. The third-order valence-electron chi connectivity index (χ3n) is 2.63. The summed E-state index contributed by atoms with van der Waals surface area (Å²) >= 11 is 5.06. The SMILES string of the molecule is CCNC(c1csc(Br)c1)c1ccc(C(=O)OC)o1. The minimum atomic E-state index is -0.465. The summed E-state index contributed by atoms with van der Waals surface area (Å²) in [6, 6.07) is 5.40. The Labute approximate surface area is 123 Å². The molecule has 4 nitrogen and oxygen atoms in total. The number of hydrogen-bond acceptors (Lipinski definition) is 5. The van der Waals surface area contributed by atoms with Crippen LogP contribution in [-0.4, -0.2) is 19.6 Å². The van der Waals surface area contributed by atoms with Gasteiger partial charge in [-0.25, -0.2) is 4.79 Å². The predicted octanol–water partition coefficient (Wildman–Crippen LogP) is 3.59. The first-order valence-electron chi connectivity index (χ1n) is 5.81. The van der Waals surface area contributed by atoms with E-state index in [1.54, 1.807) is 23.5 Å². The Morgan fingerprint density at radius 3 is 2.95 bits per heavy atom. The number of ether oxygens (including phenoxy) is 1. The normalized spacial score (nSPS) is 12.4. The Bertz CT molecular complexity index is 564. The molecular weight excluding hydrogens is 330 g/mol. The number of esters is 1. The predicted molar refractivity (Wildman–Crippen MR) is 77.6 cm³/mol. The molecule has 2 aromatic rings. The van der Waals surface area contributed by atoms with Gasteiger partial charge >= 0.3 is 5.97 Å². The number of methoxy groups -OCH3 is 1. The van der Waals surface area contributed by atoms with Crippen molar-refractivity contribution in [2.75, 3.05) is 13.7 Å². The molecule has 19 heavy (non-hydrogen) atoms. The van der Waals surface area contributed by atoms with Gasteiger partial charge in [-0.1, -0.05) is 6.92 Å². The second-order valence-corrected chi connectivity index (χ2v) is 6.16. The molecule has 0 radical (unpaired) electrons. The van der Waals surface area contributed by atoms with Gasteiger partial charge in [-0.15, -0.1) is 11.3 Å². The van der Waals surface area contributed by atoms with Crippen LogP contribution in [0.25, 0.3) is 0 Å². The number of halogens is 1. The molecule has 1 atom stereocenters. The second kappa shape index (κ2) is 6.36. The van der Waals surface area contributed by atoms with Crippen molar-refractivity contribution in [2.45, 2.75) is 13.0 Å². The van der Waals surface area contributed by atoms with Gasteiger partial charge in [-0.05, 0) is 51.6 Å². The molecule has 0 aliphatic carbocycles. The number of nitrogens with one attached hydrogen (secondary N) is 1. The quantitative estimate of drug-likeness (QED) is 0.843. The molecule has 0 saturated carbocycles. The molecule has 0 aliphatic rings. The lowest BCUT2D eigenvalue weighted by Gasteiger charge is -2.13. The largest absolute Gasteiger partial charge is 0.463 e. The van der Waals surface area contributed by atoms with Gasteiger partial charge < -0.3 is 14.5 Å². The Kier molecular flexibility index (Phi) is 4.79. The fraction of sp³-hybridized carbons (Fsp3) is 0.308. The molecule has 102 valence electrons. The van der Waals surface area contributed by atoms with Gasteiger partial charge in [0.25, 0.3) is 0 Å². The highest BCUT2D eigenvalue weighted by atomic mass is 79.9. The maximum Gasteiger partial charge on any atom is 0.373 e. The zero-order valence-corrected chi connectivity index (χ0v) is 13.0. The van der Waals surface area contributed by atoms with Crippen LogP contribution in [0.5, 0.6) is 0 Å². The zero-order valence-electron chi connectivity index (χ0n) is 10.6. The summed E-state index contributed by atoms with van der Waals surface area (Å²) in [6.45, 7) is 2.82. The van der Waals surface area contributed by atoms with Crippen molar-refractivity contribution in [1.82, 2.24) is 5.32 Å². The Morgan fingerprint density at radius 2 is 2.37 bits per heavy atom. The molecule has 0 bridgehead atoms. The van der Waals surface area contributed by atoms with Crippen molar-refractivity contribution in [3.63, 3.8) is 0 Å². The van der Waals surface area contributed by atoms with Crippen LogP contribution in [0.3, 0.4) is 0 Å². The lowest BCUT2D eigenvalue weighted by atomic mass is 10.1. The summed E-state index contributed by atoms with van der Waals surface area (Å²) in [5, 5.41) is 5.39. The Morgan fingerprint density at radius 1 is 1.58 bits per heavy atom. The van der Waals surface area contributed by atoms with Crippen LogP contribution in [-0.2, 0) is 4.74 Å². The molecular formula is C13H14BrNO3S. The molecule has 0 spiro atoms. The average Bonchev–Trinajstić information content (AvgIpc) is 3.04. The van der Waals surface area contributed by atoms with E-state index in [-0.39, 0.29) is 11.8 Å². The van der Waals surface area contributed by atoms with E-state index in [0.717, 1.165) is 15.9 Å². The van der Waals surface area contributed by atoms with Crippen LogP contribution in [0.4, 0.5) is 0 Å². The van der Waals surface area contributed by atoms with Crippen molar-refractivity contribution in [3.05, 3.63) is 44.4 Å². The maximum absolute atomic E-state index is 11.4. The van der Waals surface area contributed by atoms with E-state index in [9.17, 15) is 4.79 Å². The van der Waals surface area contributed by atoms with Crippen molar-refractivity contribution in [2.24, 2.45) is 0 Å². The minimum Gasteiger partial charge on any atom is -0.463 e. The van der Waals surface area contributed by atoms with Crippen LogP contribution < -0.4 is 5.32 Å². The van der Waals surface area contributed by atoms with Gasteiger partial charge in [0.2, 0.25) is 5.76 Å². The fourth-order valence-electron chi connectivity index (χ4n) is 1.78. The third kappa shape index (κ3) is 3.26. The molecule has 0 fully saturated rings. The first-order chi connectivity index (χ1) is 9.15. The molecule has 0 amide bonds. The third-order valence-corrected chi connectivity index (χ3v) is 4.15. The lowest BCUT2D eigenvalue weighted by molar-refractivity contribution is 0.0562. The van der Waals surface area contributed by atoms with Crippen molar-refractivity contribution in [1.29, 1.82) is 0 Å². The first-order valence-corrected chi connectivity index (χ1v) is 7.48. The summed E-state index contributed by atoms with van der Waals surface area (Å²) in [5.41, 5.74) is 1.10. The first kappa shape index (κ1) is 14.3. The highest BCUT2D eigenvalue weighted by Crippen LogP contribution is 2.30. The van der Waals surface area contributed by atoms with E-state index >= 15 is 0 Å². The van der Waals surface area contributed by atoms with Crippen molar-refractivity contribution >= 4 is 33.2 Å². The van der Waals surface area contributed by atoms with Crippen molar-refractivity contribution in [3.8, 4) is 0 Å². The molecule has 1 N–H and O–H groups in total. The fourth-order valence-corrected chi connectivity index (χ4v) is 2.98. The number of hydrogen-bond donors (Lipinski definition) is 1. The van der Waals surface area contributed by atoms with E-state index in [2.05, 4.69) is 31.4 Å².